The quantitative estimate of drug-likeness (QED) is 0.569. The minimum absolute atomic E-state index is 0.252. The Morgan fingerprint density at radius 3 is 2.56 bits per heavy atom. The predicted molar refractivity (Wildman–Crippen MR) is 104 cm³/mol. The molecule has 0 saturated carbocycles. The highest BCUT2D eigenvalue weighted by Gasteiger charge is 2.33. The van der Waals surface area contributed by atoms with Gasteiger partial charge in [0.1, 0.15) is 5.70 Å². The lowest BCUT2D eigenvalue weighted by molar-refractivity contribution is -0.123. The van der Waals surface area contributed by atoms with Crippen LogP contribution in [0.15, 0.2) is 78.6 Å². The normalized spacial score (nSPS) is 15.4. The summed E-state index contributed by atoms with van der Waals surface area (Å²) in [5, 5.41) is 2.69. The molecule has 3 amide bonds. The highest BCUT2D eigenvalue weighted by molar-refractivity contribution is 6.13. The highest BCUT2D eigenvalue weighted by atomic mass is 16.2. The molecule has 0 aliphatic carbocycles. The molecule has 0 unspecified atom stereocenters. The number of aryl methyl sites for hydroxylation is 1. The van der Waals surface area contributed by atoms with Crippen LogP contribution in [0.1, 0.15) is 16.8 Å². The number of rotatable bonds is 4. The first-order chi connectivity index (χ1) is 13.1. The summed E-state index contributed by atoms with van der Waals surface area (Å²) in [4.78, 5) is 26.2. The van der Waals surface area contributed by atoms with Crippen molar-refractivity contribution in [2.75, 3.05) is 0 Å². The molecular formula is C22H19N3O2. The fourth-order valence-corrected chi connectivity index (χ4v) is 3.15. The SMILES string of the molecule is Cc1cccc(-n2cccc2/C=C2/NC(=O)N(Cc3ccccc3)C2=O)c1. The summed E-state index contributed by atoms with van der Waals surface area (Å²) in [6, 6.07) is 21.0. The third-order valence-electron chi connectivity index (χ3n) is 4.50. The molecule has 1 saturated heterocycles. The number of nitrogens with one attached hydrogen (secondary N) is 1. The van der Waals surface area contributed by atoms with Gasteiger partial charge in [0.15, 0.2) is 0 Å². The molecule has 1 N–H and O–H groups in total. The zero-order valence-corrected chi connectivity index (χ0v) is 14.9. The molecule has 2 heterocycles. The van der Waals surface area contributed by atoms with Crippen LogP contribution in [0, 0.1) is 6.92 Å². The summed E-state index contributed by atoms with van der Waals surface area (Å²) in [5.41, 5.74) is 4.17. The molecule has 3 aromatic rings. The summed E-state index contributed by atoms with van der Waals surface area (Å²) in [6.07, 6.45) is 3.65. The van der Waals surface area contributed by atoms with Crippen molar-refractivity contribution in [2.45, 2.75) is 13.5 Å². The molecule has 1 fully saturated rings. The van der Waals surface area contributed by atoms with Crippen molar-refractivity contribution < 1.29 is 9.59 Å². The van der Waals surface area contributed by atoms with Crippen molar-refractivity contribution >= 4 is 18.0 Å². The number of amides is 3. The number of hydrogen-bond donors (Lipinski definition) is 1. The van der Waals surface area contributed by atoms with Gasteiger partial charge in [0.05, 0.1) is 6.54 Å². The van der Waals surface area contributed by atoms with Crippen LogP contribution in [0.25, 0.3) is 11.8 Å². The van der Waals surface area contributed by atoms with Gasteiger partial charge in [-0.15, -0.1) is 0 Å². The fraction of sp³-hybridized carbons (Fsp3) is 0.0909. The molecule has 5 nitrogen and oxygen atoms in total. The average Bonchev–Trinajstić information content (AvgIpc) is 3.23. The Kier molecular flexibility index (Phi) is 4.34. The summed E-state index contributed by atoms with van der Waals surface area (Å²) < 4.78 is 1.99. The van der Waals surface area contributed by atoms with Crippen LogP contribution < -0.4 is 5.32 Å². The molecule has 0 atom stereocenters. The van der Waals surface area contributed by atoms with Crippen LogP contribution in [0.3, 0.4) is 0 Å². The van der Waals surface area contributed by atoms with Crippen molar-refractivity contribution in [3.8, 4) is 5.69 Å². The molecule has 4 rings (SSSR count). The topological polar surface area (TPSA) is 54.3 Å². The molecule has 0 spiro atoms. The van der Waals surface area contributed by atoms with Crippen LogP contribution >= 0.6 is 0 Å². The molecule has 2 aromatic carbocycles. The van der Waals surface area contributed by atoms with Crippen molar-refractivity contribution in [3.63, 3.8) is 0 Å². The summed E-state index contributed by atoms with van der Waals surface area (Å²) >= 11 is 0. The third-order valence-corrected chi connectivity index (χ3v) is 4.50. The molecule has 0 bridgehead atoms. The summed E-state index contributed by atoms with van der Waals surface area (Å²) in [6.45, 7) is 2.29. The van der Waals surface area contributed by atoms with E-state index in [0.29, 0.717) is 0 Å². The van der Waals surface area contributed by atoms with E-state index in [1.165, 1.54) is 4.90 Å². The van der Waals surface area contributed by atoms with Gasteiger partial charge in [-0.1, -0.05) is 42.5 Å². The summed E-state index contributed by atoms with van der Waals surface area (Å²) in [7, 11) is 0. The molecule has 1 aliphatic rings. The smallest absolute Gasteiger partial charge is 0.317 e. The molecule has 1 aliphatic heterocycles. The van der Waals surface area contributed by atoms with Gasteiger partial charge in [0.2, 0.25) is 0 Å². The van der Waals surface area contributed by atoms with E-state index >= 15 is 0 Å². The number of urea groups is 1. The van der Waals surface area contributed by atoms with E-state index in [0.717, 1.165) is 22.5 Å². The van der Waals surface area contributed by atoms with E-state index in [1.807, 2.05) is 78.4 Å². The minimum Gasteiger partial charge on any atom is -0.317 e. The van der Waals surface area contributed by atoms with Crippen LogP contribution in [-0.4, -0.2) is 21.4 Å². The third kappa shape index (κ3) is 3.40. The van der Waals surface area contributed by atoms with Crippen LogP contribution in [0.2, 0.25) is 0 Å². The number of benzene rings is 2. The molecule has 5 heteroatoms. The maximum atomic E-state index is 12.7. The van der Waals surface area contributed by atoms with Crippen LogP contribution in [-0.2, 0) is 11.3 Å². The molecule has 0 radical (unpaired) electrons. The van der Waals surface area contributed by atoms with E-state index in [1.54, 1.807) is 6.08 Å². The number of carbonyl (C=O) groups excluding carboxylic acids is 2. The highest BCUT2D eigenvalue weighted by Crippen LogP contribution is 2.20. The zero-order valence-electron chi connectivity index (χ0n) is 14.9. The van der Waals surface area contributed by atoms with Gasteiger partial charge < -0.3 is 9.88 Å². The number of aromatic nitrogens is 1. The van der Waals surface area contributed by atoms with E-state index in [4.69, 9.17) is 0 Å². The lowest BCUT2D eigenvalue weighted by atomic mass is 10.2. The van der Waals surface area contributed by atoms with Crippen molar-refractivity contribution in [2.24, 2.45) is 0 Å². The van der Waals surface area contributed by atoms with Gasteiger partial charge in [-0.2, -0.15) is 0 Å². The van der Waals surface area contributed by atoms with Gasteiger partial charge in [-0.05, 0) is 48.4 Å². The van der Waals surface area contributed by atoms with Gasteiger partial charge in [0.25, 0.3) is 5.91 Å². The van der Waals surface area contributed by atoms with E-state index in [2.05, 4.69) is 11.4 Å². The Balaban J connectivity index is 1.62. The standard InChI is InChI=1S/C22H19N3O2/c1-16-7-5-10-18(13-16)24-12-6-11-19(24)14-20-21(26)25(22(27)23-20)15-17-8-3-2-4-9-17/h2-14H,15H2,1H3,(H,23,27)/b20-14+. The van der Waals surface area contributed by atoms with Gasteiger partial charge >= 0.3 is 6.03 Å². The second-order valence-electron chi connectivity index (χ2n) is 6.51. The predicted octanol–water partition coefficient (Wildman–Crippen LogP) is 3.88. The second kappa shape index (κ2) is 6.96. The van der Waals surface area contributed by atoms with Crippen LogP contribution in [0.5, 0.6) is 0 Å². The lowest BCUT2D eigenvalue weighted by Gasteiger charge is -2.11. The molecule has 1 aromatic heterocycles. The van der Waals surface area contributed by atoms with Crippen molar-refractivity contribution in [3.05, 3.63) is 95.4 Å². The van der Waals surface area contributed by atoms with Crippen LogP contribution in [0.4, 0.5) is 4.79 Å². The van der Waals surface area contributed by atoms with Gasteiger partial charge in [-0.3, -0.25) is 9.69 Å². The monoisotopic (exact) mass is 357 g/mol. The van der Waals surface area contributed by atoms with Gasteiger partial charge in [0, 0.05) is 17.6 Å². The van der Waals surface area contributed by atoms with Crippen molar-refractivity contribution in [1.82, 2.24) is 14.8 Å². The fourth-order valence-electron chi connectivity index (χ4n) is 3.15. The first-order valence-corrected chi connectivity index (χ1v) is 8.75. The van der Waals surface area contributed by atoms with Crippen molar-refractivity contribution in [1.29, 1.82) is 0 Å². The number of carbonyl (C=O) groups is 2. The maximum absolute atomic E-state index is 12.7. The molecular weight excluding hydrogens is 338 g/mol. The maximum Gasteiger partial charge on any atom is 0.329 e. The second-order valence-corrected chi connectivity index (χ2v) is 6.51. The van der Waals surface area contributed by atoms with E-state index < -0.39 is 6.03 Å². The molecule has 134 valence electrons. The Labute approximate surface area is 157 Å². The Morgan fingerprint density at radius 2 is 1.78 bits per heavy atom. The average molecular weight is 357 g/mol. The largest absolute Gasteiger partial charge is 0.329 e. The minimum atomic E-state index is -0.399. The zero-order chi connectivity index (χ0) is 18.8. The van der Waals surface area contributed by atoms with E-state index in [9.17, 15) is 9.59 Å². The lowest BCUT2D eigenvalue weighted by Crippen LogP contribution is -2.30. The number of hydrogen-bond acceptors (Lipinski definition) is 2. The first kappa shape index (κ1) is 16.8. The Hall–Kier alpha value is -3.60. The van der Waals surface area contributed by atoms with E-state index in [-0.39, 0.29) is 18.1 Å². The summed E-state index contributed by atoms with van der Waals surface area (Å²) in [5.74, 6) is -0.319. The first-order valence-electron chi connectivity index (χ1n) is 8.75. The Morgan fingerprint density at radius 1 is 0.963 bits per heavy atom. The molecule has 27 heavy (non-hydrogen) atoms. The number of imide groups is 1. The number of nitrogens with zero attached hydrogens (tertiary/aromatic N) is 2. The van der Waals surface area contributed by atoms with Gasteiger partial charge in [-0.25, -0.2) is 4.79 Å². The Bertz CT molecular complexity index is 1030.